The van der Waals surface area contributed by atoms with Gasteiger partial charge in [0.15, 0.2) is 0 Å². The van der Waals surface area contributed by atoms with Gasteiger partial charge in [0.2, 0.25) is 0 Å². The van der Waals surface area contributed by atoms with E-state index in [4.69, 9.17) is 0 Å². The van der Waals surface area contributed by atoms with Crippen molar-refractivity contribution in [3.8, 4) is 11.3 Å². The van der Waals surface area contributed by atoms with E-state index in [-0.39, 0.29) is 12.8 Å². The summed E-state index contributed by atoms with van der Waals surface area (Å²) in [6.07, 6.45) is -6.82. The summed E-state index contributed by atoms with van der Waals surface area (Å²) in [5.41, 5.74) is 0.322. The van der Waals surface area contributed by atoms with Crippen molar-refractivity contribution in [3.63, 3.8) is 0 Å². The average molecular weight is 414 g/mol. The maximum absolute atomic E-state index is 12.8. The van der Waals surface area contributed by atoms with E-state index >= 15 is 0 Å². The number of nitrogens with zero attached hydrogens (tertiary/aromatic N) is 2. The van der Waals surface area contributed by atoms with Crippen molar-refractivity contribution in [1.82, 2.24) is 4.98 Å². The maximum atomic E-state index is 12.8. The summed E-state index contributed by atoms with van der Waals surface area (Å²) in [5, 5.41) is 0. The van der Waals surface area contributed by atoms with Gasteiger partial charge >= 0.3 is 12.4 Å². The Balaban J connectivity index is 1.79. The van der Waals surface area contributed by atoms with Crippen molar-refractivity contribution in [1.29, 1.82) is 0 Å². The van der Waals surface area contributed by atoms with E-state index in [9.17, 15) is 31.1 Å². The van der Waals surface area contributed by atoms with E-state index in [1.807, 2.05) is 0 Å². The van der Waals surface area contributed by atoms with Gasteiger partial charge < -0.3 is 4.90 Å². The normalized spacial score (nSPS) is 19.4. The SMILES string of the molecule is C=CC(=O)N(c1ccc(-c2ccc(C(F)(F)F)cc2)nc1)C1CC(C(F)(F)F)C1. The second kappa shape index (κ2) is 7.53. The molecule has 2 aromatic rings. The Kier molecular flexibility index (Phi) is 5.42. The van der Waals surface area contributed by atoms with Crippen LogP contribution in [-0.4, -0.2) is 23.1 Å². The van der Waals surface area contributed by atoms with Crippen LogP contribution in [0.5, 0.6) is 0 Å². The number of anilines is 1. The highest BCUT2D eigenvalue weighted by Gasteiger charge is 2.50. The molecule has 3 nitrogen and oxygen atoms in total. The molecule has 9 heteroatoms. The Labute approximate surface area is 162 Å². The molecule has 0 radical (unpaired) electrons. The van der Waals surface area contributed by atoms with Crippen LogP contribution in [0.1, 0.15) is 18.4 Å². The molecule has 0 spiro atoms. The van der Waals surface area contributed by atoms with E-state index < -0.39 is 35.8 Å². The third kappa shape index (κ3) is 4.44. The molecule has 1 fully saturated rings. The Bertz CT molecular complexity index is 881. The molecule has 29 heavy (non-hydrogen) atoms. The molecule has 3 rings (SSSR count). The smallest absolute Gasteiger partial charge is 0.304 e. The lowest BCUT2D eigenvalue weighted by molar-refractivity contribution is -0.197. The number of hydrogen-bond donors (Lipinski definition) is 0. The van der Waals surface area contributed by atoms with Crippen molar-refractivity contribution < 1.29 is 31.1 Å². The molecule has 1 aromatic carbocycles. The minimum absolute atomic E-state index is 0.205. The fourth-order valence-electron chi connectivity index (χ4n) is 3.21. The summed E-state index contributed by atoms with van der Waals surface area (Å²) < 4.78 is 76.3. The number of alkyl halides is 6. The molecule has 1 aromatic heterocycles. The highest BCUT2D eigenvalue weighted by atomic mass is 19.4. The molecular formula is C20H16F6N2O. The van der Waals surface area contributed by atoms with Crippen LogP contribution < -0.4 is 4.90 Å². The van der Waals surface area contributed by atoms with Crippen LogP contribution in [0.15, 0.2) is 55.3 Å². The predicted octanol–water partition coefficient (Wildman–Crippen LogP) is 5.63. The molecule has 0 unspecified atom stereocenters. The molecule has 1 aliphatic rings. The van der Waals surface area contributed by atoms with Gasteiger partial charge in [-0.05, 0) is 43.2 Å². The first kappa shape index (κ1) is 20.9. The lowest BCUT2D eigenvalue weighted by atomic mass is 9.78. The predicted molar refractivity (Wildman–Crippen MR) is 94.9 cm³/mol. The van der Waals surface area contributed by atoms with Crippen molar-refractivity contribution >= 4 is 11.6 Å². The van der Waals surface area contributed by atoms with Gasteiger partial charge in [0.25, 0.3) is 5.91 Å². The van der Waals surface area contributed by atoms with Gasteiger partial charge in [-0.2, -0.15) is 26.3 Å². The van der Waals surface area contributed by atoms with Gasteiger partial charge in [-0.25, -0.2) is 0 Å². The molecule has 1 saturated carbocycles. The lowest BCUT2D eigenvalue weighted by Crippen LogP contribution is -2.51. The van der Waals surface area contributed by atoms with Gasteiger partial charge in [-0.3, -0.25) is 9.78 Å². The van der Waals surface area contributed by atoms with E-state index in [1.54, 1.807) is 0 Å². The van der Waals surface area contributed by atoms with E-state index in [2.05, 4.69) is 11.6 Å². The lowest BCUT2D eigenvalue weighted by Gasteiger charge is -2.43. The van der Waals surface area contributed by atoms with Gasteiger partial charge in [-0.15, -0.1) is 0 Å². The molecule has 0 saturated heterocycles. The molecule has 1 amide bonds. The van der Waals surface area contributed by atoms with Crippen LogP contribution in [0.3, 0.4) is 0 Å². The van der Waals surface area contributed by atoms with Crippen LogP contribution >= 0.6 is 0 Å². The third-order valence-corrected chi connectivity index (χ3v) is 4.89. The highest BCUT2D eigenvalue weighted by molar-refractivity contribution is 6.01. The largest absolute Gasteiger partial charge is 0.416 e. The summed E-state index contributed by atoms with van der Waals surface area (Å²) in [5.74, 6) is -1.99. The zero-order valence-electron chi connectivity index (χ0n) is 15.0. The monoisotopic (exact) mass is 414 g/mol. The molecule has 0 bridgehead atoms. The summed E-state index contributed by atoms with van der Waals surface area (Å²) in [6.45, 7) is 3.38. The van der Waals surface area contributed by atoms with Crippen molar-refractivity contribution in [2.75, 3.05) is 4.90 Å². The topological polar surface area (TPSA) is 33.2 Å². The van der Waals surface area contributed by atoms with Gasteiger partial charge in [0, 0.05) is 11.6 Å². The van der Waals surface area contributed by atoms with Crippen LogP contribution in [0, 0.1) is 5.92 Å². The number of halogens is 6. The van der Waals surface area contributed by atoms with Gasteiger partial charge in [-0.1, -0.05) is 18.7 Å². The van der Waals surface area contributed by atoms with Crippen molar-refractivity contribution in [2.45, 2.75) is 31.2 Å². The second-order valence-corrected chi connectivity index (χ2v) is 6.75. The highest BCUT2D eigenvalue weighted by Crippen LogP contribution is 2.44. The number of carbonyl (C=O) groups is 1. The molecular weight excluding hydrogens is 398 g/mol. The third-order valence-electron chi connectivity index (χ3n) is 4.89. The summed E-state index contributed by atoms with van der Waals surface area (Å²) >= 11 is 0. The van der Waals surface area contributed by atoms with Crippen molar-refractivity contribution in [3.05, 3.63) is 60.8 Å². The fraction of sp³-hybridized carbons (Fsp3) is 0.300. The summed E-state index contributed by atoms with van der Waals surface area (Å²) in [7, 11) is 0. The molecule has 0 N–H and O–H groups in total. The summed E-state index contributed by atoms with van der Waals surface area (Å²) in [4.78, 5) is 17.6. The minimum Gasteiger partial charge on any atom is -0.304 e. The van der Waals surface area contributed by atoms with Crippen molar-refractivity contribution in [2.24, 2.45) is 5.92 Å². The Hall–Kier alpha value is -2.84. The Morgan fingerprint density at radius 1 is 1.03 bits per heavy atom. The Morgan fingerprint density at radius 3 is 2.10 bits per heavy atom. The average Bonchev–Trinajstić information content (AvgIpc) is 2.62. The molecule has 154 valence electrons. The first-order valence-electron chi connectivity index (χ1n) is 8.66. The molecule has 1 aliphatic carbocycles. The van der Waals surface area contributed by atoms with Crippen LogP contribution in [0.25, 0.3) is 11.3 Å². The van der Waals surface area contributed by atoms with Crippen LogP contribution in [0.4, 0.5) is 32.0 Å². The van der Waals surface area contributed by atoms with E-state index in [0.29, 0.717) is 16.9 Å². The fourth-order valence-corrected chi connectivity index (χ4v) is 3.21. The van der Waals surface area contributed by atoms with Crippen LogP contribution in [-0.2, 0) is 11.0 Å². The number of aromatic nitrogens is 1. The molecule has 0 aliphatic heterocycles. The number of carbonyl (C=O) groups excluding carboxylic acids is 1. The minimum atomic E-state index is -4.45. The Morgan fingerprint density at radius 2 is 1.66 bits per heavy atom. The quantitative estimate of drug-likeness (QED) is 0.480. The van der Waals surface area contributed by atoms with Crippen LogP contribution in [0.2, 0.25) is 0 Å². The van der Waals surface area contributed by atoms with E-state index in [1.165, 1.54) is 35.4 Å². The first-order chi connectivity index (χ1) is 13.5. The molecule has 0 atom stereocenters. The van der Waals surface area contributed by atoms with Gasteiger partial charge in [0.05, 0.1) is 29.1 Å². The maximum Gasteiger partial charge on any atom is 0.416 e. The number of amides is 1. The van der Waals surface area contributed by atoms with E-state index in [0.717, 1.165) is 18.2 Å². The van der Waals surface area contributed by atoms with Gasteiger partial charge in [0.1, 0.15) is 0 Å². The first-order valence-corrected chi connectivity index (χ1v) is 8.66. The number of hydrogen-bond acceptors (Lipinski definition) is 2. The zero-order valence-corrected chi connectivity index (χ0v) is 15.0. The number of benzene rings is 1. The summed E-state index contributed by atoms with van der Waals surface area (Å²) in [6, 6.07) is 6.80. The number of pyridine rings is 1. The number of rotatable bonds is 4. The second-order valence-electron chi connectivity index (χ2n) is 6.75. The zero-order chi connectivity index (χ0) is 21.4. The molecule has 1 heterocycles. The standard InChI is InChI=1S/C20H16F6N2O/c1-2-18(29)28(16-9-14(10-16)20(24,25)26)15-7-8-17(27-11-15)12-3-5-13(6-4-12)19(21,22)23/h2-8,11,14,16H,1,9-10H2.